The Morgan fingerprint density at radius 2 is 1.78 bits per heavy atom. The lowest BCUT2D eigenvalue weighted by Crippen LogP contribution is -2.22. The topological polar surface area (TPSA) is 69.0 Å². The Kier molecular flexibility index (Phi) is 7.51. The molecule has 6 nitrogen and oxygen atoms in total. The van der Waals surface area contributed by atoms with Crippen LogP contribution in [0.5, 0.6) is 5.75 Å². The molecule has 0 aliphatic carbocycles. The summed E-state index contributed by atoms with van der Waals surface area (Å²) in [6.45, 7) is 3.19. The van der Waals surface area contributed by atoms with Crippen LogP contribution >= 0.6 is 11.8 Å². The largest absolute Gasteiger partial charge is 0.497 e. The highest BCUT2D eigenvalue weighted by Crippen LogP contribution is 2.27. The number of aryl methyl sites for hydroxylation is 1. The summed E-state index contributed by atoms with van der Waals surface area (Å²) in [7, 11) is 1.63. The number of carbonyl (C=O) groups excluding carboxylic acids is 1. The first kappa shape index (κ1) is 24.6. The van der Waals surface area contributed by atoms with E-state index in [0.29, 0.717) is 18.7 Å². The highest BCUT2D eigenvalue weighted by atomic mass is 32.2. The molecule has 1 N–H and O–H groups in total. The highest BCUT2D eigenvalue weighted by molar-refractivity contribution is 7.98. The maximum absolute atomic E-state index is 12.7. The Hall–Kier alpha value is -4.10. The molecule has 0 fully saturated rings. The van der Waals surface area contributed by atoms with Gasteiger partial charge in [-0.15, -0.1) is 0 Å². The first-order chi connectivity index (χ1) is 18.1. The fourth-order valence-corrected chi connectivity index (χ4v) is 5.13. The molecule has 0 bridgehead atoms. The second-order valence-corrected chi connectivity index (χ2v) is 9.80. The minimum atomic E-state index is -0.110. The number of hydrogen-bond donors (Lipinski definition) is 1. The molecular weight excluding hydrogens is 480 g/mol. The van der Waals surface area contributed by atoms with E-state index in [1.54, 1.807) is 25.1 Å². The molecule has 0 spiro atoms. The summed E-state index contributed by atoms with van der Waals surface area (Å²) in [5.74, 6) is 1.50. The molecule has 1 amide bonds. The third kappa shape index (κ3) is 6.01. The van der Waals surface area contributed by atoms with Crippen molar-refractivity contribution in [2.75, 3.05) is 7.11 Å². The van der Waals surface area contributed by atoms with Gasteiger partial charge in [0, 0.05) is 24.1 Å². The molecule has 7 heteroatoms. The van der Waals surface area contributed by atoms with Crippen molar-refractivity contribution in [3.63, 3.8) is 0 Å². The molecule has 0 unspecified atom stereocenters. The fourth-order valence-electron chi connectivity index (χ4n) is 4.17. The maximum atomic E-state index is 12.7. The third-order valence-corrected chi connectivity index (χ3v) is 7.16. The van der Waals surface area contributed by atoms with Crippen molar-refractivity contribution < 1.29 is 9.53 Å². The van der Waals surface area contributed by atoms with Crippen molar-refractivity contribution in [2.24, 2.45) is 0 Å². The second-order valence-electron chi connectivity index (χ2n) is 8.85. The Labute approximate surface area is 220 Å². The maximum Gasteiger partial charge on any atom is 0.251 e. The van der Waals surface area contributed by atoms with Gasteiger partial charge < -0.3 is 14.6 Å². The molecular formula is C30H28N4O2S. The van der Waals surface area contributed by atoms with E-state index in [9.17, 15) is 4.79 Å². The molecule has 5 aromatic rings. The SMILES string of the molecule is COc1cccc(CNC(=O)c2ccc(Cn3c(SCc4cccc(C)c4)nc4ccncc43)cc2)c1. The summed E-state index contributed by atoms with van der Waals surface area (Å²) in [6, 6.07) is 25.9. The van der Waals surface area contributed by atoms with Crippen LogP contribution in [0.3, 0.4) is 0 Å². The first-order valence-electron chi connectivity index (χ1n) is 12.1. The van der Waals surface area contributed by atoms with E-state index in [2.05, 4.69) is 46.1 Å². The van der Waals surface area contributed by atoms with E-state index in [-0.39, 0.29) is 5.91 Å². The number of methoxy groups -OCH3 is 1. The van der Waals surface area contributed by atoms with E-state index in [1.807, 2.05) is 60.8 Å². The van der Waals surface area contributed by atoms with Crippen LogP contribution < -0.4 is 10.1 Å². The van der Waals surface area contributed by atoms with Gasteiger partial charge in [0.15, 0.2) is 5.16 Å². The van der Waals surface area contributed by atoms with Gasteiger partial charge in [-0.2, -0.15) is 0 Å². The number of fused-ring (bicyclic) bond motifs is 1. The van der Waals surface area contributed by atoms with E-state index < -0.39 is 0 Å². The number of carbonyl (C=O) groups is 1. The van der Waals surface area contributed by atoms with Crippen LogP contribution in [0, 0.1) is 6.92 Å². The highest BCUT2D eigenvalue weighted by Gasteiger charge is 2.13. The molecule has 0 saturated carbocycles. The zero-order valence-corrected chi connectivity index (χ0v) is 21.7. The fraction of sp³-hybridized carbons (Fsp3) is 0.167. The van der Waals surface area contributed by atoms with Crippen molar-refractivity contribution in [1.82, 2.24) is 19.9 Å². The minimum Gasteiger partial charge on any atom is -0.497 e. The summed E-state index contributed by atoms with van der Waals surface area (Å²) in [5.41, 5.74) is 7.14. The molecule has 37 heavy (non-hydrogen) atoms. The zero-order chi connectivity index (χ0) is 25.6. The zero-order valence-electron chi connectivity index (χ0n) is 20.8. The van der Waals surface area contributed by atoms with Gasteiger partial charge in [0.25, 0.3) is 5.91 Å². The van der Waals surface area contributed by atoms with Crippen LogP contribution in [-0.2, 0) is 18.8 Å². The molecule has 0 atom stereocenters. The Morgan fingerprint density at radius 1 is 0.973 bits per heavy atom. The minimum absolute atomic E-state index is 0.110. The van der Waals surface area contributed by atoms with Gasteiger partial charge in [0.1, 0.15) is 5.75 Å². The molecule has 0 radical (unpaired) electrons. The molecule has 3 aromatic carbocycles. The summed E-state index contributed by atoms with van der Waals surface area (Å²) >= 11 is 1.72. The second kappa shape index (κ2) is 11.3. The smallest absolute Gasteiger partial charge is 0.251 e. The molecule has 2 aromatic heterocycles. The lowest BCUT2D eigenvalue weighted by atomic mass is 10.1. The number of hydrogen-bond acceptors (Lipinski definition) is 5. The standard InChI is InChI=1S/C30H28N4O2S/c1-21-5-3-7-24(15-21)20-37-30-33-27-13-14-31-18-28(27)34(30)19-22-9-11-25(12-10-22)29(35)32-17-23-6-4-8-26(16-23)36-2/h3-16,18H,17,19-20H2,1-2H3,(H,32,35). The predicted molar refractivity (Wildman–Crippen MR) is 148 cm³/mol. The van der Waals surface area contributed by atoms with Crippen LogP contribution in [0.4, 0.5) is 0 Å². The lowest BCUT2D eigenvalue weighted by molar-refractivity contribution is 0.0951. The predicted octanol–water partition coefficient (Wildman–Crippen LogP) is 6.02. The number of rotatable bonds is 9. The van der Waals surface area contributed by atoms with E-state index in [1.165, 1.54) is 11.1 Å². The number of amides is 1. The third-order valence-electron chi connectivity index (χ3n) is 6.11. The number of ether oxygens (including phenoxy) is 1. The number of nitrogens with zero attached hydrogens (tertiary/aromatic N) is 3. The Morgan fingerprint density at radius 3 is 2.59 bits per heavy atom. The van der Waals surface area contributed by atoms with Gasteiger partial charge in [-0.3, -0.25) is 9.78 Å². The summed E-state index contributed by atoms with van der Waals surface area (Å²) in [4.78, 5) is 21.9. The monoisotopic (exact) mass is 508 g/mol. The van der Waals surface area contributed by atoms with Crippen molar-refractivity contribution in [2.45, 2.75) is 30.9 Å². The summed E-state index contributed by atoms with van der Waals surface area (Å²) in [5, 5.41) is 3.93. The van der Waals surface area contributed by atoms with Crippen LogP contribution in [-0.4, -0.2) is 27.6 Å². The number of aromatic nitrogens is 3. The van der Waals surface area contributed by atoms with Crippen molar-refractivity contribution in [1.29, 1.82) is 0 Å². The van der Waals surface area contributed by atoms with E-state index in [4.69, 9.17) is 9.72 Å². The molecule has 0 aliphatic heterocycles. The average molecular weight is 509 g/mol. The van der Waals surface area contributed by atoms with E-state index in [0.717, 1.165) is 38.8 Å². The van der Waals surface area contributed by atoms with Crippen LogP contribution in [0.1, 0.15) is 32.6 Å². The van der Waals surface area contributed by atoms with Gasteiger partial charge in [0.2, 0.25) is 0 Å². The number of imidazole rings is 1. The summed E-state index contributed by atoms with van der Waals surface area (Å²) < 4.78 is 7.45. The molecule has 5 rings (SSSR count). The Bertz CT molecular complexity index is 1530. The van der Waals surface area contributed by atoms with Crippen LogP contribution in [0.25, 0.3) is 11.0 Å². The molecule has 186 valence electrons. The van der Waals surface area contributed by atoms with Crippen molar-refractivity contribution in [3.8, 4) is 5.75 Å². The number of thioether (sulfide) groups is 1. The van der Waals surface area contributed by atoms with Gasteiger partial charge in [0.05, 0.1) is 30.9 Å². The number of nitrogens with one attached hydrogen (secondary N) is 1. The number of benzene rings is 3. The van der Waals surface area contributed by atoms with Gasteiger partial charge >= 0.3 is 0 Å². The van der Waals surface area contributed by atoms with Gasteiger partial charge in [-0.25, -0.2) is 4.98 Å². The molecule has 0 aliphatic rings. The Balaban J connectivity index is 1.29. The lowest BCUT2D eigenvalue weighted by Gasteiger charge is -2.11. The normalized spacial score (nSPS) is 11.0. The van der Waals surface area contributed by atoms with E-state index >= 15 is 0 Å². The number of pyridine rings is 1. The first-order valence-corrected chi connectivity index (χ1v) is 13.1. The van der Waals surface area contributed by atoms with Crippen LogP contribution in [0.2, 0.25) is 0 Å². The quantitative estimate of drug-likeness (QED) is 0.247. The van der Waals surface area contributed by atoms with Crippen molar-refractivity contribution in [3.05, 3.63) is 119 Å². The molecule has 0 saturated heterocycles. The van der Waals surface area contributed by atoms with Gasteiger partial charge in [-0.1, -0.05) is 65.9 Å². The van der Waals surface area contributed by atoms with Crippen LogP contribution in [0.15, 0.2) is 96.4 Å². The van der Waals surface area contributed by atoms with Gasteiger partial charge in [-0.05, 0) is 53.9 Å². The average Bonchev–Trinajstić information content (AvgIpc) is 3.28. The summed E-state index contributed by atoms with van der Waals surface area (Å²) in [6.07, 6.45) is 3.63. The van der Waals surface area contributed by atoms with Crippen molar-refractivity contribution >= 4 is 28.7 Å². The molecule has 2 heterocycles.